The minimum atomic E-state index is -0.325. The molecule has 2 aromatic rings. The molecule has 0 saturated carbocycles. The van der Waals surface area contributed by atoms with Crippen LogP contribution in [0, 0.1) is 5.82 Å². The van der Waals surface area contributed by atoms with Gasteiger partial charge in [-0.15, -0.1) is 0 Å². The first-order valence-corrected chi connectivity index (χ1v) is 7.04. The molecule has 0 unspecified atom stereocenters. The van der Waals surface area contributed by atoms with Gasteiger partial charge < -0.3 is 5.32 Å². The van der Waals surface area contributed by atoms with Gasteiger partial charge in [0.15, 0.2) is 0 Å². The van der Waals surface area contributed by atoms with E-state index in [0.29, 0.717) is 17.1 Å². The highest BCUT2D eigenvalue weighted by Crippen LogP contribution is 2.17. The number of halogens is 2. The molecule has 1 aliphatic heterocycles. The normalized spacial score (nSPS) is 16.0. The molecule has 104 valence electrons. The van der Waals surface area contributed by atoms with Crippen molar-refractivity contribution in [2.75, 3.05) is 0 Å². The fourth-order valence-corrected chi connectivity index (χ4v) is 2.19. The summed E-state index contributed by atoms with van der Waals surface area (Å²) < 4.78 is 13.9. The largest absolute Gasteiger partial charge is 0.305 e. The van der Waals surface area contributed by atoms with Gasteiger partial charge in [-0.05, 0) is 48.0 Å². The Balaban J connectivity index is 1.91. The van der Waals surface area contributed by atoms with Gasteiger partial charge in [0.25, 0.3) is 5.91 Å². The maximum Gasteiger partial charge on any atom is 0.275 e. The Kier molecular flexibility index (Phi) is 3.66. The molecule has 1 amide bonds. The molecule has 3 nitrogen and oxygen atoms in total. The number of nitrogens with zero attached hydrogens (tertiary/aromatic N) is 1. The standard InChI is InChI=1S/C16H10BrFN2O/c17-12-5-1-10(2-6-12)9-14-16(21)20-15(19-14)11-3-7-13(18)8-4-11/h1-9H,(H,19,20,21)/b14-9+. The summed E-state index contributed by atoms with van der Waals surface area (Å²) in [6, 6.07) is 13.4. The van der Waals surface area contributed by atoms with Crippen LogP contribution in [0.25, 0.3) is 6.08 Å². The van der Waals surface area contributed by atoms with E-state index in [9.17, 15) is 9.18 Å². The van der Waals surface area contributed by atoms with Crippen LogP contribution in [-0.4, -0.2) is 11.7 Å². The Hall–Kier alpha value is -2.27. The molecular formula is C16H10BrFN2O. The lowest BCUT2D eigenvalue weighted by atomic mass is 10.2. The summed E-state index contributed by atoms with van der Waals surface area (Å²) in [7, 11) is 0. The summed E-state index contributed by atoms with van der Waals surface area (Å²) in [6.07, 6.45) is 1.71. The Morgan fingerprint density at radius 3 is 2.38 bits per heavy atom. The molecule has 1 N–H and O–H groups in total. The van der Waals surface area contributed by atoms with Crippen LogP contribution in [0.4, 0.5) is 4.39 Å². The van der Waals surface area contributed by atoms with Crippen LogP contribution in [0.5, 0.6) is 0 Å². The summed E-state index contributed by atoms with van der Waals surface area (Å²) in [5, 5.41) is 2.68. The Labute approximate surface area is 129 Å². The monoisotopic (exact) mass is 344 g/mol. The van der Waals surface area contributed by atoms with Crippen LogP contribution in [-0.2, 0) is 4.79 Å². The molecule has 0 saturated heterocycles. The zero-order valence-electron chi connectivity index (χ0n) is 10.8. The predicted octanol–water partition coefficient (Wildman–Crippen LogP) is 3.51. The van der Waals surface area contributed by atoms with Crippen molar-refractivity contribution in [3.05, 3.63) is 75.6 Å². The third-order valence-corrected chi connectivity index (χ3v) is 3.52. The quantitative estimate of drug-likeness (QED) is 0.832. The van der Waals surface area contributed by atoms with Crippen molar-refractivity contribution in [2.45, 2.75) is 0 Å². The number of aliphatic imine (C=N–C) groups is 1. The predicted molar refractivity (Wildman–Crippen MR) is 83.2 cm³/mol. The highest BCUT2D eigenvalue weighted by molar-refractivity contribution is 9.10. The van der Waals surface area contributed by atoms with E-state index in [2.05, 4.69) is 26.2 Å². The highest BCUT2D eigenvalue weighted by atomic mass is 79.9. The minimum absolute atomic E-state index is 0.266. The van der Waals surface area contributed by atoms with Crippen LogP contribution >= 0.6 is 15.9 Å². The Bertz CT molecular complexity index is 749. The molecule has 0 radical (unpaired) electrons. The van der Waals surface area contributed by atoms with Crippen molar-refractivity contribution < 1.29 is 9.18 Å². The third kappa shape index (κ3) is 3.08. The second-order valence-corrected chi connectivity index (χ2v) is 5.42. The van der Waals surface area contributed by atoms with E-state index in [1.165, 1.54) is 12.1 Å². The number of carbonyl (C=O) groups is 1. The molecule has 21 heavy (non-hydrogen) atoms. The molecule has 0 spiro atoms. The molecule has 2 aromatic carbocycles. The van der Waals surface area contributed by atoms with Gasteiger partial charge in [0.05, 0.1) is 0 Å². The Morgan fingerprint density at radius 2 is 1.71 bits per heavy atom. The van der Waals surface area contributed by atoms with Crippen molar-refractivity contribution in [3.63, 3.8) is 0 Å². The first-order valence-electron chi connectivity index (χ1n) is 6.25. The van der Waals surface area contributed by atoms with E-state index >= 15 is 0 Å². The SMILES string of the molecule is O=C1NC(c2ccc(F)cc2)=N/C1=C/c1ccc(Br)cc1. The number of benzene rings is 2. The average Bonchev–Trinajstić information content (AvgIpc) is 2.83. The number of amidine groups is 1. The number of hydrogen-bond donors (Lipinski definition) is 1. The number of nitrogens with one attached hydrogen (secondary N) is 1. The van der Waals surface area contributed by atoms with E-state index in [-0.39, 0.29) is 11.7 Å². The van der Waals surface area contributed by atoms with Crippen LogP contribution < -0.4 is 5.32 Å². The Morgan fingerprint density at radius 1 is 1.05 bits per heavy atom. The summed E-state index contributed by atoms with van der Waals surface area (Å²) in [5.74, 6) is -0.157. The molecule has 0 bridgehead atoms. The lowest BCUT2D eigenvalue weighted by molar-refractivity contribution is -0.115. The first-order chi connectivity index (χ1) is 10.1. The fourth-order valence-electron chi connectivity index (χ4n) is 1.93. The molecule has 1 heterocycles. The second-order valence-electron chi connectivity index (χ2n) is 4.50. The molecule has 3 rings (SSSR count). The van der Waals surface area contributed by atoms with E-state index in [0.717, 1.165) is 10.0 Å². The van der Waals surface area contributed by atoms with Gasteiger partial charge in [-0.1, -0.05) is 28.1 Å². The van der Waals surface area contributed by atoms with E-state index < -0.39 is 0 Å². The molecule has 1 aliphatic rings. The fraction of sp³-hybridized carbons (Fsp3) is 0. The van der Waals surface area contributed by atoms with Crippen molar-refractivity contribution >= 4 is 33.7 Å². The zero-order chi connectivity index (χ0) is 14.8. The minimum Gasteiger partial charge on any atom is -0.305 e. The smallest absolute Gasteiger partial charge is 0.275 e. The topological polar surface area (TPSA) is 41.5 Å². The van der Waals surface area contributed by atoms with Gasteiger partial charge in [0.2, 0.25) is 0 Å². The van der Waals surface area contributed by atoms with Crippen molar-refractivity contribution in [1.29, 1.82) is 0 Å². The van der Waals surface area contributed by atoms with Crippen molar-refractivity contribution in [2.24, 2.45) is 4.99 Å². The second kappa shape index (κ2) is 5.61. The van der Waals surface area contributed by atoms with Gasteiger partial charge in [0, 0.05) is 10.0 Å². The molecule has 5 heteroatoms. The van der Waals surface area contributed by atoms with Crippen LogP contribution in [0.1, 0.15) is 11.1 Å². The van der Waals surface area contributed by atoms with Crippen molar-refractivity contribution in [3.8, 4) is 0 Å². The van der Waals surface area contributed by atoms with Crippen molar-refractivity contribution in [1.82, 2.24) is 5.32 Å². The number of amides is 1. The van der Waals surface area contributed by atoms with Gasteiger partial charge in [-0.2, -0.15) is 0 Å². The van der Waals surface area contributed by atoms with Crippen LogP contribution in [0.2, 0.25) is 0 Å². The maximum absolute atomic E-state index is 12.9. The number of rotatable bonds is 2. The lowest BCUT2D eigenvalue weighted by Gasteiger charge is -1.99. The lowest BCUT2D eigenvalue weighted by Crippen LogP contribution is -2.24. The summed E-state index contributed by atoms with van der Waals surface area (Å²) in [4.78, 5) is 16.2. The summed E-state index contributed by atoms with van der Waals surface area (Å²) in [5.41, 5.74) is 1.88. The maximum atomic E-state index is 12.9. The highest BCUT2D eigenvalue weighted by Gasteiger charge is 2.20. The van der Waals surface area contributed by atoms with E-state index in [1.807, 2.05) is 24.3 Å². The molecule has 0 aromatic heterocycles. The van der Waals surface area contributed by atoms with Gasteiger partial charge in [-0.25, -0.2) is 9.38 Å². The van der Waals surface area contributed by atoms with Gasteiger partial charge >= 0.3 is 0 Å². The van der Waals surface area contributed by atoms with E-state index in [4.69, 9.17) is 0 Å². The summed E-state index contributed by atoms with van der Waals surface area (Å²) in [6.45, 7) is 0. The van der Waals surface area contributed by atoms with Gasteiger partial charge in [-0.3, -0.25) is 4.79 Å². The van der Waals surface area contributed by atoms with Gasteiger partial charge in [0.1, 0.15) is 17.3 Å². The molecule has 0 aliphatic carbocycles. The van der Waals surface area contributed by atoms with Crippen LogP contribution in [0.15, 0.2) is 63.7 Å². The zero-order valence-corrected chi connectivity index (χ0v) is 12.4. The molecule has 0 atom stereocenters. The number of hydrogen-bond acceptors (Lipinski definition) is 2. The van der Waals surface area contributed by atoms with E-state index in [1.54, 1.807) is 18.2 Å². The first kappa shape index (κ1) is 13.7. The number of carbonyl (C=O) groups excluding carboxylic acids is 1. The third-order valence-electron chi connectivity index (χ3n) is 2.99. The molecular weight excluding hydrogens is 335 g/mol. The summed E-state index contributed by atoms with van der Waals surface area (Å²) >= 11 is 3.36. The average molecular weight is 345 g/mol. The molecule has 0 fully saturated rings. The van der Waals surface area contributed by atoms with Crippen LogP contribution in [0.3, 0.4) is 0 Å².